The van der Waals surface area contributed by atoms with E-state index in [-0.39, 0.29) is 73.1 Å². The van der Waals surface area contributed by atoms with Gasteiger partial charge in [-0.05, 0) is 172 Å². The van der Waals surface area contributed by atoms with Gasteiger partial charge in [-0.25, -0.2) is 55.9 Å². The summed E-state index contributed by atoms with van der Waals surface area (Å²) in [5.74, 6) is -4.23. The van der Waals surface area contributed by atoms with Gasteiger partial charge >= 0.3 is 0 Å². The molecule has 0 aliphatic carbocycles. The normalized spacial score (nSPS) is 19.6. The lowest BCUT2D eigenvalue weighted by Gasteiger charge is -2.29. The highest BCUT2D eigenvalue weighted by Gasteiger charge is 2.41. The number of benzene rings is 4. The van der Waals surface area contributed by atoms with Crippen LogP contribution >= 0.6 is 0 Å². The third kappa shape index (κ3) is 15.7. The molecule has 0 radical (unpaired) electrons. The summed E-state index contributed by atoms with van der Waals surface area (Å²) in [6.45, 7) is 11.0. The van der Waals surface area contributed by atoms with E-state index in [2.05, 4.69) is 41.7 Å². The number of nitrogens with zero attached hydrogens (tertiary/aromatic N) is 12. The van der Waals surface area contributed by atoms with Gasteiger partial charge in [0.25, 0.3) is 23.6 Å². The van der Waals surface area contributed by atoms with Crippen molar-refractivity contribution >= 4 is 110 Å². The molecule has 16 rings (SSSR count). The number of aromatic nitrogens is 8. The molecule has 12 heterocycles. The van der Waals surface area contributed by atoms with Gasteiger partial charge in [0.05, 0.1) is 97.6 Å². The van der Waals surface area contributed by atoms with Crippen LogP contribution in [-0.2, 0) is 92.0 Å². The molecule has 0 bridgehead atoms. The van der Waals surface area contributed by atoms with Gasteiger partial charge in [0.15, 0.2) is 0 Å². The van der Waals surface area contributed by atoms with Crippen molar-refractivity contribution in [3.05, 3.63) is 161 Å². The van der Waals surface area contributed by atoms with Crippen molar-refractivity contribution in [1.82, 2.24) is 56.3 Å². The molecule has 4 aromatic heterocycles. The van der Waals surface area contributed by atoms with Crippen molar-refractivity contribution in [3.8, 4) is 0 Å². The fourth-order valence-corrected chi connectivity index (χ4v) is 19.3. The first-order valence-corrected chi connectivity index (χ1v) is 43.6. The SMILES string of the molecule is Cc1cc(F)cc2c1NCCC2C(=O)n1nc(N)c2c1CN(S(C)(=O)=O)CC2.Cc1cc(F)cc2c1NCCC2C(=O)n1nc2c(c1N)CCN(S(C)(=O)=O)C2.Cc1cc(F)cc2c1NCCC2C(=O)n1nc2c(c1N)CCN(S(C)(=O)=O)C2.Cc1cc(F)cc2c1NCC[C@@H]2C(=O)n1nc2c(c1N)CCN(S(C)(=O)=O)C2. The lowest BCUT2D eigenvalue weighted by atomic mass is 9.88. The summed E-state index contributed by atoms with van der Waals surface area (Å²) < 4.78 is 161. The standard InChI is InChI=1S/4C18H22FN5O3S/c1-10-7-11(19)8-14-12(3-5-21-16(10)14)18(25)24-15-9-23(28(2,26)27)6-4-13(15)17(20)22-24;3*1-10-7-11(19)8-14-12(3-5-21-16(10)14)18(25)24-17(20)13-4-6-23(28(2,26)27)9-15(13)22-24/h7-8,12,21H,3-6,9H2,1-2H3,(H2,20,22);3*7-8,12,21H,3-6,9,20H2,1-2H3/t;12-;;/m.0../s1. The first kappa shape index (κ1) is 80.2. The van der Waals surface area contributed by atoms with E-state index in [0.29, 0.717) is 171 Å². The quantitative estimate of drug-likeness (QED) is 0.0823. The van der Waals surface area contributed by atoms with Crippen molar-refractivity contribution in [1.29, 1.82) is 0 Å². The second-order valence-corrected chi connectivity index (χ2v) is 37.4. The minimum Gasteiger partial charge on any atom is -0.385 e. The Bertz CT molecular complexity index is 5280. The van der Waals surface area contributed by atoms with Crippen LogP contribution in [0.15, 0.2) is 48.5 Å². The molecule has 12 N–H and O–H groups in total. The first-order chi connectivity index (χ1) is 52.7. The van der Waals surface area contributed by atoms with Gasteiger partial charge in [-0.2, -0.15) is 46.6 Å². The molecule has 3 unspecified atom stereocenters. The average molecular weight is 1630 g/mol. The number of nitrogens with one attached hydrogen (secondary N) is 4. The van der Waals surface area contributed by atoms with Gasteiger partial charge in [0.2, 0.25) is 40.1 Å². The second-order valence-electron chi connectivity index (χ2n) is 29.4. The zero-order chi connectivity index (χ0) is 80.9. The Morgan fingerprint density at radius 1 is 0.366 bits per heavy atom. The van der Waals surface area contributed by atoms with Gasteiger partial charge in [-0.1, -0.05) is 0 Å². The second kappa shape index (κ2) is 30.6. The molecule has 4 aromatic carbocycles. The number of aryl methyl sites for hydroxylation is 4. The van der Waals surface area contributed by atoms with Crippen LogP contribution in [0.4, 0.5) is 63.6 Å². The first-order valence-electron chi connectivity index (χ1n) is 36.2. The van der Waals surface area contributed by atoms with Crippen LogP contribution in [0.2, 0.25) is 0 Å². The van der Waals surface area contributed by atoms with Crippen molar-refractivity contribution in [2.45, 2.75) is 129 Å². The Hall–Kier alpha value is -9.84. The van der Waals surface area contributed by atoms with E-state index in [9.17, 15) is 70.4 Å². The number of hydrogen-bond acceptors (Lipinski definition) is 24. The Labute approximate surface area is 644 Å². The lowest BCUT2D eigenvalue weighted by molar-refractivity contribution is 0.0844. The number of carbonyl (C=O) groups is 4. The topological polar surface area (TPSA) is 441 Å². The third-order valence-electron chi connectivity index (χ3n) is 21.9. The van der Waals surface area contributed by atoms with Crippen LogP contribution in [-0.4, -0.2) is 191 Å². The van der Waals surface area contributed by atoms with Gasteiger partial charge in [0.1, 0.15) is 46.5 Å². The van der Waals surface area contributed by atoms with E-state index < -0.39 is 87.0 Å². The van der Waals surface area contributed by atoms with Gasteiger partial charge in [-0.3, -0.25) is 19.2 Å². The molecular formula is C72H88F4N20O12S4. The highest BCUT2D eigenvalue weighted by atomic mass is 32.2. The van der Waals surface area contributed by atoms with Crippen molar-refractivity contribution in [3.63, 3.8) is 0 Å². The fraction of sp³-hybridized carbons (Fsp3) is 0.444. The predicted molar refractivity (Wildman–Crippen MR) is 413 cm³/mol. The summed E-state index contributed by atoms with van der Waals surface area (Å²) in [5, 5.41) is 30.1. The van der Waals surface area contributed by atoms with E-state index in [4.69, 9.17) is 22.9 Å². The van der Waals surface area contributed by atoms with Crippen LogP contribution in [0.3, 0.4) is 0 Å². The third-order valence-corrected chi connectivity index (χ3v) is 26.9. The zero-order valence-electron chi connectivity index (χ0n) is 62.8. The number of fused-ring (bicyclic) bond motifs is 8. The number of nitrogen functional groups attached to an aromatic ring is 4. The highest BCUT2D eigenvalue weighted by Crippen LogP contribution is 2.43. The molecule has 112 heavy (non-hydrogen) atoms. The number of nitrogens with two attached hydrogens (primary N) is 4. The average Bonchev–Trinajstić information content (AvgIpc) is 1.61. The molecule has 4 atom stereocenters. The highest BCUT2D eigenvalue weighted by molar-refractivity contribution is 7.89. The van der Waals surface area contributed by atoms with Crippen molar-refractivity contribution in [2.24, 2.45) is 0 Å². The monoisotopic (exact) mass is 1630 g/mol. The molecule has 600 valence electrons. The molecule has 0 amide bonds. The maximum atomic E-state index is 14.0. The Morgan fingerprint density at radius 2 is 0.607 bits per heavy atom. The summed E-state index contributed by atoms with van der Waals surface area (Å²) in [5.41, 5.74) is 37.8. The molecule has 40 heteroatoms. The molecule has 32 nitrogen and oxygen atoms in total. The van der Waals surface area contributed by atoms with Gasteiger partial charge in [-0.15, -0.1) is 5.10 Å². The predicted octanol–water partition coefficient (Wildman–Crippen LogP) is 5.88. The Balaban J connectivity index is 0.000000131. The lowest BCUT2D eigenvalue weighted by Crippen LogP contribution is -2.37. The summed E-state index contributed by atoms with van der Waals surface area (Å²) in [4.78, 5) is 53.1. The molecule has 8 aromatic rings. The van der Waals surface area contributed by atoms with Crippen molar-refractivity contribution in [2.75, 3.05) is 122 Å². The fourth-order valence-electron chi connectivity index (χ4n) is 16.2. The van der Waals surface area contributed by atoms with Crippen molar-refractivity contribution < 1.29 is 70.4 Å². The van der Waals surface area contributed by atoms with Gasteiger partial charge in [0, 0.05) is 97.4 Å². The number of carbonyl (C=O) groups excluding carboxylic acids is 4. The number of anilines is 8. The smallest absolute Gasteiger partial charge is 0.256 e. The maximum absolute atomic E-state index is 14.0. The van der Waals surface area contributed by atoms with Crippen LogP contribution < -0.4 is 44.2 Å². The number of sulfonamides is 4. The summed E-state index contributed by atoms with van der Waals surface area (Å²) in [7, 11) is -13.5. The summed E-state index contributed by atoms with van der Waals surface area (Å²) in [6, 6.07) is 11.2. The van der Waals surface area contributed by atoms with Crippen LogP contribution in [0.25, 0.3) is 0 Å². The summed E-state index contributed by atoms with van der Waals surface area (Å²) in [6.07, 6.45) is 8.14. The van der Waals surface area contributed by atoms with E-state index in [1.165, 1.54) is 70.4 Å². The molecular weight excluding hydrogens is 1540 g/mol. The number of rotatable bonds is 8. The maximum Gasteiger partial charge on any atom is 0.256 e. The Kier molecular flexibility index (Phi) is 21.9. The van der Waals surface area contributed by atoms with Crippen LogP contribution in [0.1, 0.15) is 158 Å². The number of halogens is 4. The van der Waals surface area contributed by atoms with Gasteiger partial charge < -0.3 is 44.2 Å². The minimum atomic E-state index is -3.41. The molecule has 0 saturated carbocycles. The zero-order valence-corrected chi connectivity index (χ0v) is 66.1. The van der Waals surface area contributed by atoms with E-state index in [1.54, 1.807) is 27.7 Å². The Morgan fingerprint density at radius 3 is 0.866 bits per heavy atom. The van der Waals surface area contributed by atoms with Crippen LogP contribution in [0, 0.1) is 51.0 Å². The molecule has 8 aliphatic rings. The number of hydrogen-bond donors (Lipinski definition) is 8. The largest absolute Gasteiger partial charge is 0.385 e. The molecule has 0 spiro atoms. The molecule has 0 fully saturated rings. The van der Waals surface area contributed by atoms with E-state index >= 15 is 0 Å². The van der Waals surface area contributed by atoms with Crippen LogP contribution in [0.5, 0.6) is 0 Å². The molecule has 8 aliphatic heterocycles. The summed E-state index contributed by atoms with van der Waals surface area (Å²) >= 11 is 0. The molecule has 0 saturated heterocycles. The van der Waals surface area contributed by atoms with E-state index in [1.807, 2.05) is 0 Å². The minimum absolute atomic E-state index is 0.0457. The van der Waals surface area contributed by atoms with E-state index in [0.717, 1.165) is 84.1 Å².